The summed E-state index contributed by atoms with van der Waals surface area (Å²) in [6.45, 7) is 3.75. The quantitative estimate of drug-likeness (QED) is 0.805. The number of hydrazine groups is 1. The maximum atomic E-state index is 13.3. The highest BCUT2D eigenvalue weighted by molar-refractivity contribution is 5.95. The van der Waals surface area contributed by atoms with Gasteiger partial charge < -0.3 is 0 Å². The van der Waals surface area contributed by atoms with Crippen molar-refractivity contribution in [1.82, 2.24) is 10.9 Å². The molecule has 1 atom stereocenters. The summed E-state index contributed by atoms with van der Waals surface area (Å²) in [6.07, 6.45) is 1.62. The van der Waals surface area contributed by atoms with Gasteiger partial charge in [0.25, 0.3) is 5.91 Å². The molecule has 18 heavy (non-hydrogen) atoms. The van der Waals surface area contributed by atoms with Crippen LogP contribution in [0.1, 0.15) is 37.0 Å². The van der Waals surface area contributed by atoms with E-state index in [1.807, 2.05) is 6.92 Å². The highest BCUT2D eigenvalue weighted by atomic mass is 19.1. The first kappa shape index (κ1) is 14.2. The summed E-state index contributed by atoms with van der Waals surface area (Å²) in [4.78, 5) is 23.1. The summed E-state index contributed by atoms with van der Waals surface area (Å²) >= 11 is 0. The van der Waals surface area contributed by atoms with Gasteiger partial charge >= 0.3 is 0 Å². The van der Waals surface area contributed by atoms with Gasteiger partial charge in [0, 0.05) is 5.92 Å². The van der Waals surface area contributed by atoms with E-state index < -0.39 is 11.7 Å². The first-order valence-corrected chi connectivity index (χ1v) is 5.91. The molecule has 2 amide bonds. The van der Waals surface area contributed by atoms with Gasteiger partial charge in [-0.2, -0.15) is 0 Å². The predicted octanol–water partition coefficient (Wildman–Crippen LogP) is 2.02. The molecule has 2 N–H and O–H groups in total. The minimum Gasteiger partial charge on any atom is -0.273 e. The molecule has 0 bridgehead atoms. The maximum absolute atomic E-state index is 13.3. The molecule has 1 rings (SSSR count). The van der Waals surface area contributed by atoms with Crippen LogP contribution >= 0.6 is 0 Å². The van der Waals surface area contributed by atoms with Crippen molar-refractivity contribution < 1.29 is 14.0 Å². The predicted molar refractivity (Wildman–Crippen MR) is 66.1 cm³/mol. The van der Waals surface area contributed by atoms with E-state index in [4.69, 9.17) is 0 Å². The lowest BCUT2D eigenvalue weighted by Gasteiger charge is -2.12. The molecule has 5 heteroatoms. The highest BCUT2D eigenvalue weighted by Gasteiger charge is 2.14. The van der Waals surface area contributed by atoms with Gasteiger partial charge in [0.2, 0.25) is 5.91 Å². The molecule has 4 nitrogen and oxygen atoms in total. The number of nitrogens with one attached hydrogen (secondary N) is 2. The molecule has 0 heterocycles. The van der Waals surface area contributed by atoms with E-state index in [2.05, 4.69) is 10.9 Å². The molecule has 0 spiro atoms. The molecule has 0 fully saturated rings. The van der Waals surface area contributed by atoms with Gasteiger partial charge in [-0.25, -0.2) is 4.39 Å². The zero-order valence-electron chi connectivity index (χ0n) is 10.5. The molecule has 0 aromatic heterocycles. The standard InChI is InChI=1S/C13H17FN2O2/c1-3-6-9(2)12(17)15-16-13(18)10-7-4-5-8-11(10)14/h4-5,7-9H,3,6H2,1-2H3,(H,15,17)(H,16,18). The zero-order valence-corrected chi connectivity index (χ0v) is 10.5. The van der Waals surface area contributed by atoms with Gasteiger partial charge in [0.15, 0.2) is 0 Å². The number of rotatable bonds is 4. The van der Waals surface area contributed by atoms with E-state index >= 15 is 0 Å². The highest BCUT2D eigenvalue weighted by Crippen LogP contribution is 2.06. The summed E-state index contributed by atoms with van der Waals surface area (Å²) in [7, 11) is 0. The summed E-state index contributed by atoms with van der Waals surface area (Å²) in [6, 6.07) is 5.59. The number of amides is 2. The Kier molecular flexibility index (Phi) is 5.30. The molecule has 1 aromatic carbocycles. The van der Waals surface area contributed by atoms with Gasteiger partial charge in [-0.3, -0.25) is 20.4 Å². The Balaban J connectivity index is 2.52. The van der Waals surface area contributed by atoms with Crippen molar-refractivity contribution >= 4 is 11.8 Å². The Morgan fingerprint density at radius 3 is 2.56 bits per heavy atom. The third kappa shape index (κ3) is 3.84. The van der Waals surface area contributed by atoms with Crippen molar-refractivity contribution in [3.05, 3.63) is 35.6 Å². The van der Waals surface area contributed by atoms with E-state index in [1.165, 1.54) is 18.2 Å². The molecular weight excluding hydrogens is 235 g/mol. The largest absolute Gasteiger partial charge is 0.273 e. The van der Waals surface area contributed by atoms with Gasteiger partial charge in [-0.1, -0.05) is 32.4 Å². The minimum atomic E-state index is -0.662. The average molecular weight is 252 g/mol. The molecule has 1 unspecified atom stereocenters. The average Bonchev–Trinajstić information content (AvgIpc) is 2.36. The van der Waals surface area contributed by atoms with Crippen molar-refractivity contribution in [2.75, 3.05) is 0 Å². The van der Waals surface area contributed by atoms with Crippen LogP contribution in [0.5, 0.6) is 0 Å². The second kappa shape index (κ2) is 6.74. The van der Waals surface area contributed by atoms with E-state index in [0.29, 0.717) is 0 Å². The molecule has 0 saturated heterocycles. The van der Waals surface area contributed by atoms with Crippen molar-refractivity contribution in [3.63, 3.8) is 0 Å². The molecular formula is C13H17FN2O2. The lowest BCUT2D eigenvalue weighted by molar-refractivity contribution is -0.125. The monoisotopic (exact) mass is 252 g/mol. The van der Waals surface area contributed by atoms with Crippen LogP contribution in [-0.4, -0.2) is 11.8 Å². The van der Waals surface area contributed by atoms with Gasteiger partial charge in [-0.15, -0.1) is 0 Å². The second-order valence-electron chi connectivity index (χ2n) is 4.11. The van der Waals surface area contributed by atoms with E-state index in [-0.39, 0.29) is 17.4 Å². The fraction of sp³-hybridized carbons (Fsp3) is 0.385. The maximum Gasteiger partial charge on any atom is 0.272 e. The first-order valence-electron chi connectivity index (χ1n) is 5.91. The van der Waals surface area contributed by atoms with Gasteiger partial charge in [0.05, 0.1) is 5.56 Å². The SMILES string of the molecule is CCCC(C)C(=O)NNC(=O)c1ccccc1F. The van der Waals surface area contributed by atoms with Crippen LogP contribution in [0.15, 0.2) is 24.3 Å². The summed E-state index contributed by atoms with van der Waals surface area (Å²) in [5, 5.41) is 0. The molecule has 1 aromatic rings. The lowest BCUT2D eigenvalue weighted by Crippen LogP contribution is -2.44. The second-order valence-corrected chi connectivity index (χ2v) is 4.11. The number of carbonyl (C=O) groups is 2. The zero-order chi connectivity index (χ0) is 13.5. The molecule has 98 valence electrons. The number of hydrogen-bond donors (Lipinski definition) is 2. The van der Waals surface area contributed by atoms with Crippen LogP contribution in [0.4, 0.5) is 4.39 Å². The van der Waals surface area contributed by atoms with Crippen LogP contribution in [0, 0.1) is 11.7 Å². The third-order valence-corrected chi connectivity index (χ3v) is 2.59. The Labute approximate surface area is 106 Å². The minimum absolute atomic E-state index is 0.0963. The van der Waals surface area contributed by atoms with Crippen LogP contribution in [0.2, 0.25) is 0 Å². The number of benzene rings is 1. The fourth-order valence-corrected chi connectivity index (χ4v) is 1.52. The third-order valence-electron chi connectivity index (χ3n) is 2.59. The Bertz CT molecular complexity index is 435. The van der Waals surface area contributed by atoms with Crippen LogP contribution in [0.25, 0.3) is 0 Å². The fourth-order valence-electron chi connectivity index (χ4n) is 1.52. The van der Waals surface area contributed by atoms with Crippen molar-refractivity contribution in [2.24, 2.45) is 5.92 Å². The number of halogens is 1. The number of hydrogen-bond acceptors (Lipinski definition) is 2. The van der Waals surface area contributed by atoms with Crippen molar-refractivity contribution in [2.45, 2.75) is 26.7 Å². The van der Waals surface area contributed by atoms with Crippen LogP contribution < -0.4 is 10.9 Å². The summed E-state index contributed by atoms with van der Waals surface area (Å²) in [5.41, 5.74) is 4.39. The Morgan fingerprint density at radius 2 is 1.94 bits per heavy atom. The van der Waals surface area contributed by atoms with Crippen molar-refractivity contribution in [3.8, 4) is 0 Å². The van der Waals surface area contributed by atoms with Gasteiger partial charge in [-0.05, 0) is 18.6 Å². The van der Waals surface area contributed by atoms with Crippen molar-refractivity contribution in [1.29, 1.82) is 0 Å². The summed E-state index contributed by atoms with van der Waals surface area (Å²) < 4.78 is 13.3. The summed E-state index contributed by atoms with van der Waals surface area (Å²) in [5.74, 6) is -1.74. The van der Waals surface area contributed by atoms with E-state index in [9.17, 15) is 14.0 Å². The van der Waals surface area contributed by atoms with Crippen LogP contribution in [0.3, 0.4) is 0 Å². The van der Waals surface area contributed by atoms with Crippen LogP contribution in [-0.2, 0) is 4.79 Å². The lowest BCUT2D eigenvalue weighted by atomic mass is 10.1. The normalized spacial score (nSPS) is 11.7. The Hall–Kier alpha value is -1.91. The molecule has 0 radical (unpaired) electrons. The Morgan fingerprint density at radius 1 is 1.28 bits per heavy atom. The number of carbonyl (C=O) groups excluding carboxylic acids is 2. The molecule has 0 aliphatic carbocycles. The van der Waals surface area contributed by atoms with E-state index in [0.717, 1.165) is 12.8 Å². The topological polar surface area (TPSA) is 58.2 Å². The smallest absolute Gasteiger partial charge is 0.272 e. The van der Waals surface area contributed by atoms with E-state index in [1.54, 1.807) is 13.0 Å². The van der Waals surface area contributed by atoms with Gasteiger partial charge in [0.1, 0.15) is 5.82 Å². The molecule has 0 aliphatic heterocycles. The molecule has 0 saturated carbocycles. The first-order chi connectivity index (χ1) is 8.56. The molecule has 0 aliphatic rings.